The first-order chi connectivity index (χ1) is 7.74. The van der Waals surface area contributed by atoms with Gasteiger partial charge in [0.1, 0.15) is 5.76 Å². The standard InChI is InChI=1S/C13H24N2O/c1-4-5-6-7-8-9-14-10-13-15-11(2)12(3)16-13/h14H,4-10H2,1-3H3. The van der Waals surface area contributed by atoms with E-state index in [4.69, 9.17) is 4.42 Å². The molecule has 3 heteroatoms. The van der Waals surface area contributed by atoms with Gasteiger partial charge in [-0.15, -0.1) is 0 Å². The lowest BCUT2D eigenvalue weighted by Gasteiger charge is -2.01. The Hall–Kier alpha value is -0.830. The summed E-state index contributed by atoms with van der Waals surface area (Å²) in [6, 6.07) is 0. The van der Waals surface area contributed by atoms with Crippen LogP contribution in [0.15, 0.2) is 4.42 Å². The van der Waals surface area contributed by atoms with Crippen LogP contribution in [-0.2, 0) is 6.54 Å². The maximum Gasteiger partial charge on any atom is 0.208 e. The number of unbranched alkanes of at least 4 members (excludes halogenated alkanes) is 4. The molecule has 0 aliphatic heterocycles. The fraction of sp³-hybridized carbons (Fsp3) is 0.769. The van der Waals surface area contributed by atoms with Crippen LogP contribution in [0, 0.1) is 13.8 Å². The van der Waals surface area contributed by atoms with Gasteiger partial charge in [0, 0.05) is 0 Å². The maximum atomic E-state index is 5.49. The highest BCUT2D eigenvalue weighted by Crippen LogP contribution is 2.07. The van der Waals surface area contributed by atoms with Crippen LogP contribution in [0.4, 0.5) is 0 Å². The van der Waals surface area contributed by atoms with Crippen LogP contribution < -0.4 is 5.32 Å². The summed E-state index contributed by atoms with van der Waals surface area (Å²) >= 11 is 0. The molecule has 1 rings (SSSR count). The first kappa shape index (κ1) is 13.2. The smallest absolute Gasteiger partial charge is 0.208 e. The molecule has 0 saturated heterocycles. The third-order valence-corrected chi connectivity index (χ3v) is 2.81. The molecular formula is C13H24N2O. The molecule has 0 spiro atoms. The number of aromatic nitrogens is 1. The van der Waals surface area contributed by atoms with E-state index in [2.05, 4.69) is 17.2 Å². The molecule has 16 heavy (non-hydrogen) atoms. The van der Waals surface area contributed by atoms with Gasteiger partial charge in [-0.2, -0.15) is 0 Å². The molecule has 1 aromatic rings. The zero-order valence-electron chi connectivity index (χ0n) is 10.8. The van der Waals surface area contributed by atoms with Crippen molar-refractivity contribution in [2.45, 2.75) is 59.4 Å². The first-order valence-corrected chi connectivity index (χ1v) is 6.37. The van der Waals surface area contributed by atoms with E-state index in [0.717, 1.165) is 30.4 Å². The van der Waals surface area contributed by atoms with Crippen LogP contribution in [0.1, 0.15) is 56.4 Å². The van der Waals surface area contributed by atoms with Gasteiger partial charge in [-0.05, 0) is 26.8 Å². The van der Waals surface area contributed by atoms with Crippen LogP contribution in [0.2, 0.25) is 0 Å². The lowest BCUT2D eigenvalue weighted by atomic mass is 10.1. The van der Waals surface area contributed by atoms with Gasteiger partial charge in [0.15, 0.2) is 0 Å². The Morgan fingerprint density at radius 1 is 1.12 bits per heavy atom. The highest BCUT2D eigenvalue weighted by atomic mass is 16.4. The SMILES string of the molecule is CCCCCCCNCc1nc(C)c(C)o1. The van der Waals surface area contributed by atoms with Gasteiger partial charge >= 0.3 is 0 Å². The fourth-order valence-corrected chi connectivity index (χ4v) is 1.66. The summed E-state index contributed by atoms with van der Waals surface area (Å²) in [5.74, 6) is 1.74. The summed E-state index contributed by atoms with van der Waals surface area (Å²) in [5, 5.41) is 3.36. The Balaban J connectivity index is 2.03. The molecule has 1 aromatic heterocycles. The molecule has 0 fully saturated rings. The lowest BCUT2D eigenvalue weighted by Crippen LogP contribution is -2.14. The van der Waals surface area contributed by atoms with Crippen molar-refractivity contribution in [1.82, 2.24) is 10.3 Å². The molecule has 1 heterocycles. The second-order valence-electron chi connectivity index (χ2n) is 4.34. The van der Waals surface area contributed by atoms with Crippen molar-refractivity contribution in [2.75, 3.05) is 6.54 Å². The summed E-state index contributed by atoms with van der Waals surface area (Å²) < 4.78 is 5.49. The van der Waals surface area contributed by atoms with Crippen molar-refractivity contribution in [2.24, 2.45) is 0 Å². The molecule has 0 aliphatic rings. The minimum atomic E-state index is 0.752. The monoisotopic (exact) mass is 224 g/mol. The van der Waals surface area contributed by atoms with Gasteiger partial charge in [0.05, 0.1) is 12.2 Å². The Labute approximate surface area is 98.6 Å². The topological polar surface area (TPSA) is 38.1 Å². The number of hydrogen-bond donors (Lipinski definition) is 1. The van der Waals surface area contributed by atoms with Crippen LogP contribution in [-0.4, -0.2) is 11.5 Å². The van der Waals surface area contributed by atoms with E-state index < -0.39 is 0 Å². The van der Waals surface area contributed by atoms with Gasteiger partial charge in [0.2, 0.25) is 5.89 Å². The minimum absolute atomic E-state index is 0.752. The number of aryl methyl sites for hydroxylation is 2. The molecule has 0 saturated carbocycles. The van der Waals surface area contributed by atoms with Crippen molar-refractivity contribution in [3.8, 4) is 0 Å². The Bertz CT molecular complexity index is 275. The molecular weight excluding hydrogens is 200 g/mol. The molecule has 0 radical (unpaired) electrons. The van der Waals surface area contributed by atoms with E-state index >= 15 is 0 Å². The highest BCUT2D eigenvalue weighted by molar-refractivity contribution is 5.04. The molecule has 3 nitrogen and oxygen atoms in total. The number of oxazole rings is 1. The fourth-order valence-electron chi connectivity index (χ4n) is 1.66. The molecule has 1 N–H and O–H groups in total. The van der Waals surface area contributed by atoms with Gasteiger partial charge in [0.25, 0.3) is 0 Å². The van der Waals surface area contributed by atoms with Crippen molar-refractivity contribution < 1.29 is 4.42 Å². The average molecular weight is 224 g/mol. The van der Waals surface area contributed by atoms with Crippen LogP contribution in [0.3, 0.4) is 0 Å². The number of hydrogen-bond acceptors (Lipinski definition) is 3. The lowest BCUT2D eigenvalue weighted by molar-refractivity contribution is 0.445. The summed E-state index contributed by atoms with van der Waals surface area (Å²) in [5.41, 5.74) is 1.000. The predicted molar refractivity (Wildman–Crippen MR) is 66.4 cm³/mol. The van der Waals surface area contributed by atoms with E-state index in [-0.39, 0.29) is 0 Å². The third kappa shape index (κ3) is 4.79. The summed E-state index contributed by atoms with van der Waals surface area (Å²) in [4.78, 5) is 4.33. The van der Waals surface area contributed by atoms with Crippen LogP contribution in [0.5, 0.6) is 0 Å². The predicted octanol–water partition coefficient (Wildman–Crippen LogP) is 3.35. The number of nitrogens with zero attached hydrogens (tertiary/aromatic N) is 1. The van der Waals surface area contributed by atoms with E-state index in [1.165, 1.54) is 32.1 Å². The van der Waals surface area contributed by atoms with Gasteiger partial charge in [-0.25, -0.2) is 4.98 Å². The van der Waals surface area contributed by atoms with Crippen LogP contribution in [0.25, 0.3) is 0 Å². The van der Waals surface area contributed by atoms with Gasteiger partial charge in [-0.1, -0.05) is 32.6 Å². The normalized spacial score (nSPS) is 10.9. The van der Waals surface area contributed by atoms with E-state index in [1.807, 2.05) is 13.8 Å². The Kier molecular flexibility index (Phi) is 6.16. The third-order valence-electron chi connectivity index (χ3n) is 2.81. The van der Waals surface area contributed by atoms with Gasteiger partial charge in [-0.3, -0.25) is 0 Å². The average Bonchev–Trinajstić information content (AvgIpc) is 2.57. The summed E-state index contributed by atoms with van der Waals surface area (Å²) in [7, 11) is 0. The summed E-state index contributed by atoms with van der Waals surface area (Å²) in [6.45, 7) is 7.99. The largest absolute Gasteiger partial charge is 0.444 e. The van der Waals surface area contributed by atoms with Crippen molar-refractivity contribution in [3.05, 3.63) is 17.3 Å². The Morgan fingerprint density at radius 2 is 1.88 bits per heavy atom. The molecule has 0 amide bonds. The van der Waals surface area contributed by atoms with Gasteiger partial charge < -0.3 is 9.73 Å². The zero-order chi connectivity index (χ0) is 11.8. The van der Waals surface area contributed by atoms with Crippen molar-refractivity contribution in [1.29, 1.82) is 0 Å². The number of nitrogens with one attached hydrogen (secondary N) is 1. The molecule has 0 unspecified atom stereocenters. The Morgan fingerprint density at radius 3 is 2.50 bits per heavy atom. The van der Waals surface area contributed by atoms with E-state index in [0.29, 0.717) is 0 Å². The zero-order valence-corrected chi connectivity index (χ0v) is 10.8. The quantitative estimate of drug-likeness (QED) is 0.688. The first-order valence-electron chi connectivity index (χ1n) is 6.37. The second-order valence-corrected chi connectivity index (χ2v) is 4.34. The molecule has 92 valence electrons. The molecule has 0 aromatic carbocycles. The highest BCUT2D eigenvalue weighted by Gasteiger charge is 2.03. The van der Waals surface area contributed by atoms with E-state index in [9.17, 15) is 0 Å². The van der Waals surface area contributed by atoms with Crippen molar-refractivity contribution >= 4 is 0 Å². The molecule has 0 aliphatic carbocycles. The molecule has 0 atom stereocenters. The minimum Gasteiger partial charge on any atom is -0.444 e. The second kappa shape index (κ2) is 7.44. The summed E-state index contributed by atoms with van der Waals surface area (Å²) in [6.07, 6.45) is 6.60. The maximum absolute atomic E-state index is 5.49. The molecule has 0 bridgehead atoms. The van der Waals surface area contributed by atoms with Crippen molar-refractivity contribution in [3.63, 3.8) is 0 Å². The van der Waals surface area contributed by atoms with E-state index in [1.54, 1.807) is 0 Å². The number of rotatable bonds is 8. The van der Waals surface area contributed by atoms with Crippen LogP contribution >= 0.6 is 0 Å².